The van der Waals surface area contributed by atoms with E-state index in [1.165, 1.54) is 30.5 Å². The Balaban J connectivity index is 1.48. The zero-order chi connectivity index (χ0) is 23.8. The van der Waals surface area contributed by atoms with Gasteiger partial charge in [0.05, 0.1) is 23.8 Å². The predicted molar refractivity (Wildman–Crippen MR) is 115 cm³/mol. The summed E-state index contributed by atoms with van der Waals surface area (Å²) in [6.45, 7) is 0.263. The number of nitrogens with zero attached hydrogens (tertiary/aromatic N) is 1. The molecule has 0 bridgehead atoms. The van der Waals surface area contributed by atoms with Gasteiger partial charge >= 0.3 is 12.1 Å². The van der Waals surface area contributed by atoms with E-state index in [2.05, 4.69) is 10.5 Å². The van der Waals surface area contributed by atoms with Crippen molar-refractivity contribution in [2.75, 3.05) is 0 Å². The van der Waals surface area contributed by atoms with Crippen LogP contribution in [0.5, 0.6) is 5.75 Å². The van der Waals surface area contributed by atoms with E-state index in [4.69, 9.17) is 9.84 Å². The Morgan fingerprint density at radius 1 is 0.970 bits per heavy atom. The molecule has 0 aromatic heterocycles. The summed E-state index contributed by atoms with van der Waals surface area (Å²) in [6, 6.07) is 17.8. The van der Waals surface area contributed by atoms with Crippen LogP contribution in [-0.2, 0) is 24.0 Å². The minimum absolute atomic E-state index is 0.198. The SMILES string of the molecule is O=C(Cc1cccc(C(F)(F)F)c1)NN=Cc1ccc(OCc2ccc(C(=O)O)cc2)cc1. The molecule has 0 unspecified atom stereocenters. The van der Waals surface area contributed by atoms with Crippen LogP contribution >= 0.6 is 0 Å². The maximum atomic E-state index is 12.7. The fourth-order valence-electron chi connectivity index (χ4n) is 2.82. The first kappa shape index (κ1) is 23.5. The maximum absolute atomic E-state index is 12.7. The topological polar surface area (TPSA) is 88.0 Å². The average Bonchev–Trinajstić information content (AvgIpc) is 2.78. The van der Waals surface area contributed by atoms with Crippen molar-refractivity contribution >= 4 is 18.1 Å². The first-order valence-electron chi connectivity index (χ1n) is 9.74. The Morgan fingerprint density at radius 3 is 2.30 bits per heavy atom. The molecule has 3 aromatic rings. The second kappa shape index (κ2) is 10.4. The van der Waals surface area contributed by atoms with Gasteiger partial charge in [0, 0.05) is 0 Å². The zero-order valence-corrected chi connectivity index (χ0v) is 17.2. The molecule has 3 rings (SSSR count). The first-order chi connectivity index (χ1) is 15.7. The van der Waals surface area contributed by atoms with Gasteiger partial charge in [0.2, 0.25) is 5.91 Å². The highest BCUT2D eigenvalue weighted by Crippen LogP contribution is 2.29. The number of alkyl halides is 3. The molecule has 170 valence electrons. The Kier molecular flexibility index (Phi) is 7.45. The number of carbonyl (C=O) groups excluding carboxylic acids is 1. The lowest BCUT2D eigenvalue weighted by Crippen LogP contribution is -2.20. The van der Waals surface area contributed by atoms with Crippen LogP contribution in [0.25, 0.3) is 0 Å². The highest BCUT2D eigenvalue weighted by molar-refractivity contribution is 5.87. The molecule has 9 heteroatoms. The molecule has 1 amide bonds. The van der Waals surface area contributed by atoms with Crippen molar-refractivity contribution in [2.45, 2.75) is 19.2 Å². The van der Waals surface area contributed by atoms with Crippen molar-refractivity contribution in [3.8, 4) is 5.75 Å². The van der Waals surface area contributed by atoms with Crippen LogP contribution in [0.2, 0.25) is 0 Å². The van der Waals surface area contributed by atoms with Crippen molar-refractivity contribution in [3.63, 3.8) is 0 Å². The molecule has 0 aliphatic carbocycles. The number of benzene rings is 3. The second-order valence-electron chi connectivity index (χ2n) is 7.03. The van der Waals surface area contributed by atoms with Crippen LogP contribution in [0, 0.1) is 0 Å². The average molecular weight is 456 g/mol. The van der Waals surface area contributed by atoms with Gasteiger partial charge in [-0.1, -0.05) is 30.3 Å². The lowest BCUT2D eigenvalue weighted by Gasteiger charge is -2.08. The number of carbonyl (C=O) groups is 2. The van der Waals surface area contributed by atoms with Crippen LogP contribution in [-0.4, -0.2) is 23.2 Å². The minimum atomic E-state index is -4.47. The van der Waals surface area contributed by atoms with Crippen LogP contribution in [0.15, 0.2) is 77.9 Å². The lowest BCUT2D eigenvalue weighted by atomic mass is 10.1. The number of nitrogens with one attached hydrogen (secondary N) is 1. The molecule has 0 saturated heterocycles. The number of halogens is 3. The molecule has 33 heavy (non-hydrogen) atoms. The van der Waals surface area contributed by atoms with Gasteiger partial charge in [-0.05, 0) is 59.2 Å². The minimum Gasteiger partial charge on any atom is -0.489 e. The molecule has 3 aromatic carbocycles. The smallest absolute Gasteiger partial charge is 0.416 e. The van der Waals surface area contributed by atoms with Gasteiger partial charge in [-0.3, -0.25) is 4.79 Å². The zero-order valence-electron chi connectivity index (χ0n) is 17.2. The van der Waals surface area contributed by atoms with E-state index in [1.54, 1.807) is 36.4 Å². The molecule has 0 spiro atoms. The van der Waals surface area contributed by atoms with Crippen molar-refractivity contribution in [3.05, 3.63) is 101 Å². The van der Waals surface area contributed by atoms with E-state index in [-0.39, 0.29) is 24.2 Å². The van der Waals surface area contributed by atoms with Crippen LogP contribution in [0.3, 0.4) is 0 Å². The molecule has 0 heterocycles. The van der Waals surface area contributed by atoms with Crippen molar-refractivity contribution in [2.24, 2.45) is 5.10 Å². The highest BCUT2D eigenvalue weighted by atomic mass is 19.4. The van der Waals surface area contributed by atoms with E-state index < -0.39 is 23.6 Å². The Labute approximate surface area is 187 Å². The maximum Gasteiger partial charge on any atom is 0.416 e. The van der Waals surface area contributed by atoms with E-state index in [1.807, 2.05) is 0 Å². The number of ether oxygens (including phenoxy) is 1. The van der Waals surface area contributed by atoms with Crippen molar-refractivity contribution in [1.29, 1.82) is 0 Å². The summed E-state index contributed by atoms with van der Waals surface area (Å²) in [5, 5.41) is 12.7. The normalized spacial score (nSPS) is 11.4. The monoisotopic (exact) mass is 456 g/mol. The summed E-state index contributed by atoms with van der Waals surface area (Å²) < 4.78 is 43.9. The van der Waals surface area contributed by atoms with Gasteiger partial charge < -0.3 is 9.84 Å². The number of hydrogen-bond acceptors (Lipinski definition) is 4. The Morgan fingerprint density at radius 2 is 1.67 bits per heavy atom. The molecule has 0 aliphatic rings. The van der Waals surface area contributed by atoms with Crippen LogP contribution in [0.4, 0.5) is 13.2 Å². The lowest BCUT2D eigenvalue weighted by molar-refractivity contribution is -0.137. The third kappa shape index (κ3) is 7.20. The standard InChI is InChI=1S/C24H19F3N2O4/c25-24(26,27)20-3-1-2-18(12-20)13-22(30)29-28-14-16-6-10-21(11-7-16)33-15-17-4-8-19(9-5-17)23(31)32/h1-12,14H,13,15H2,(H,29,30)(H,31,32). The summed E-state index contributed by atoms with van der Waals surface area (Å²) in [7, 11) is 0. The largest absolute Gasteiger partial charge is 0.489 e. The quantitative estimate of drug-likeness (QED) is 0.381. The summed E-state index contributed by atoms with van der Waals surface area (Å²) in [5.41, 5.74) is 3.40. The Hall–Kier alpha value is -4.14. The van der Waals surface area contributed by atoms with Crippen molar-refractivity contribution < 1.29 is 32.6 Å². The van der Waals surface area contributed by atoms with Crippen molar-refractivity contribution in [1.82, 2.24) is 5.43 Å². The number of aromatic carboxylic acids is 1. The van der Waals surface area contributed by atoms with E-state index in [0.29, 0.717) is 11.3 Å². The number of rotatable bonds is 8. The number of carboxylic acid groups (broad SMARTS) is 1. The fourth-order valence-corrected chi connectivity index (χ4v) is 2.82. The molecule has 0 fully saturated rings. The predicted octanol–water partition coefficient (Wildman–Crippen LogP) is 4.68. The van der Waals surface area contributed by atoms with Gasteiger partial charge in [-0.2, -0.15) is 18.3 Å². The van der Waals surface area contributed by atoms with Gasteiger partial charge in [-0.25, -0.2) is 10.2 Å². The number of carboxylic acids is 1. The molecule has 0 saturated carbocycles. The third-order valence-electron chi connectivity index (χ3n) is 4.51. The second-order valence-corrected chi connectivity index (χ2v) is 7.03. The van der Waals surface area contributed by atoms with Crippen LogP contribution < -0.4 is 10.2 Å². The molecule has 0 aliphatic heterocycles. The summed E-state index contributed by atoms with van der Waals surface area (Å²) >= 11 is 0. The summed E-state index contributed by atoms with van der Waals surface area (Å²) in [6.07, 6.45) is -3.30. The first-order valence-corrected chi connectivity index (χ1v) is 9.74. The van der Waals surface area contributed by atoms with E-state index in [0.717, 1.165) is 17.7 Å². The summed E-state index contributed by atoms with van der Waals surface area (Å²) in [4.78, 5) is 22.8. The van der Waals surface area contributed by atoms with Gasteiger partial charge in [0.25, 0.3) is 0 Å². The van der Waals surface area contributed by atoms with Gasteiger partial charge in [0.15, 0.2) is 0 Å². The highest BCUT2D eigenvalue weighted by Gasteiger charge is 2.30. The van der Waals surface area contributed by atoms with Crippen LogP contribution in [0.1, 0.15) is 32.6 Å². The molecule has 2 N–H and O–H groups in total. The number of hydrazone groups is 1. The fraction of sp³-hybridized carbons (Fsp3) is 0.125. The van der Waals surface area contributed by atoms with E-state index in [9.17, 15) is 22.8 Å². The summed E-state index contributed by atoms with van der Waals surface area (Å²) in [5.74, 6) is -0.950. The molecule has 0 atom stereocenters. The molecule has 0 radical (unpaired) electrons. The molecule has 6 nitrogen and oxygen atoms in total. The Bertz CT molecular complexity index is 1140. The number of amides is 1. The van der Waals surface area contributed by atoms with E-state index >= 15 is 0 Å². The van der Waals surface area contributed by atoms with Gasteiger partial charge in [0.1, 0.15) is 12.4 Å². The number of hydrogen-bond donors (Lipinski definition) is 2. The molecular formula is C24H19F3N2O4. The van der Waals surface area contributed by atoms with Gasteiger partial charge in [-0.15, -0.1) is 0 Å². The molecular weight excluding hydrogens is 437 g/mol. The third-order valence-corrected chi connectivity index (χ3v) is 4.51.